The molecule has 0 bridgehead atoms. The molecule has 3 aromatic carbocycles. The molecule has 0 aromatic heterocycles. The summed E-state index contributed by atoms with van der Waals surface area (Å²) >= 11 is 14.6. The highest BCUT2D eigenvalue weighted by atomic mass is 127. The van der Waals surface area contributed by atoms with Crippen LogP contribution in [0.2, 0.25) is 10.0 Å². The number of carbonyl (C=O) groups is 1. The summed E-state index contributed by atoms with van der Waals surface area (Å²) in [6.07, 6.45) is 1.52. The zero-order valence-corrected chi connectivity index (χ0v) is 18.2. The fourth-order valence-corrected chi connectivity index (χ4v) is 3.32. The molecule has 0 radical (unpaired) electrons. The van der Waals surface area contributed by atoms with Gasteiger partial charge in [0.05, 0.1) is 11.2 Å². The highest BCUT2D eigenvalue weighted by molar-refractivity contribution is 14.1. The van der Waals surface area contributed by atoms with Crippen molar-refractivity contribution >= 4 is 57.9 Å². The summed E-state index contributed by atoms with van der Waals surface area (Å²) in [7, 11) is 0. The fourth-order valence-electron chi connectivity index (χ4n) is 2.35. The molecule has 0 aliphatic heterocycles. The molecule has 0 spiro atoms. The highest BCUT2D eigenvalue weighted by Crippen LogP contribution is 2.27. The number of carbonyl (C=O) groups excluding carboxylic acids is 1. The van der Waals surface area contributed by atoms with E-state index in [2.05, 4.69) is 33.1 Å². The van der Waals surface area contributed by atoms with Crippen LogP contribution in [0.4, 0.5) is 0 Å². The van der Waals surface area contributed by atoms with E-state index in [-0.39, 0.29) is 5.91 Å². The van der Waals surface area contributed by atoms with Crippen LogP contribution in [-0.4, -0.2) is 12.1 Å². The summed E-state index contributed by atoms with van der Waals surface area (Å²) in [5.41, 5.74) is 4.66. The maximum Gasteiger partial charge on any atom is 0.271 e. The molecule has 1 amide bonds. The Kier molecular flexibility index (Phi) is 7.30. The van der Waals surface area contributed by atoms with Gasteiger partial charge in [0.1, 0.15) is 12.4 Å². The first-order chi connectivity index (χ1) is 13.5. The monoisotopic (exact) mass is 524 g/mol. The molecule has 0 unspecified atom stereocenters. The predicted octanol–water partition coefficient (Wildman–Crippen LogP) is 5.94. The molecule has 1 N–H and O–H groups in total. The smallest absolute Gasteiger partial charge is 0.271 e. The Bertz CT molecular complexity index is 1020. The van der Waals surface area contributed by atoms with Crippen molar-refractivity contribution in [2.75, 3.05) is 0 Å². The van der Waals surface area contributed by atoms with Gasteiger partial charge >= 0.3 is 0 Å². The molecule has 0 aliphatic rings. The van der Waals surface area contributed by atoms with Crippen molar-refractivity contribution in [2.45, 2.75) is 6.61 Å². The highest BCUT2D eigenvalue weighted by Gasteiger charge is 2.06. The van der Waals surface area contributed by atoms with Crippen molar-refractivity contribution in [2.24, 2.45) is 5.10 Å². The van der Waals surface area contributed by atoms with Crippen LogP contribution in [0, 0.1) is 3.57 Å². The van der Waals surface area contributed by atoms with Crippen LogP contribution in [0.3, 0.4) is 0 Å². The van der Waals surface area contributed by atoms with Crippen molar-refractivity contribution < 1.29 is 9.53 Å². The summed E-state index contributed by atoms with van der Waals surface area (Å²) in [6.45, 7) is 0.318. The molecular weight excluding hydrogens is 510 g/mol. The van der Waals surface area contributed by atoms with Crippen molar-refractivity contribution in [3.8, 4) is 5.75 Å². The Balaban J connectivity index is 1.60. The summed E-state index contributed by atoms with van der Waals surface area (Å²) in [6, 6.07) is 20.0. The Hall–Kier alpha value is -2.09. The van der Waals surface area contributed by atoms with Crippen LogP contribution in [0.5, 0.6) is 5.75 Å². The number of hydrogen-bond acceptors (Lipinski definition) is 3. The summed E-state index contributed by atoms with van der Waals surface area (Å²) < 4.78 is 6.72. The van der Waals surface area contributed by atoms with Gasteiger partial charge in [0.2, 0.25) is 0 Å². The molecule has 0 heterocycles. The summed E-state index contributed by atoms with van der Waals surface area (Å²) in [4.78, 5) is 12.1. The molecular formula is C21H15Cl2IN2O2. The largest absolute Gasteiger partial charge is 0.487 e. The molecule has 0 saturated carbocycles. The minimum atomic E-state index is -0.277. The molecule has 142 valence electrons. The number of amides is 1. The predicted molar refractivity (Wildman–Crippen MR) is 121 cm³/mol. The first kappa shape index (κ1) is 20.6. The van der Waals surface area contributed by atoms with Gasteiger partial charge in [-0.25, -0.2) is 5.43 Å². The van der Waals surface area contributed by atoms with E-state index in [0.29, 0.717) is 28.0 Å². The van der Waals surface area contributed by atoms with Gasteiger partial charge in [-0.1, -0.05) is 47.5 Å². The Labute approximate surface area is 186 Å². The van der Waals surface area contributed by atoms with Crippen LogP contribution in [0.25, 0.3) is 0 Å². The van der Waals surface area contributed by atoms with E-state index in [4.69, 9.17) is 27.9 Å². The van der Waals surface area contributed by atoms with Gasteiger partial charge in [0.15, 0.2) is 0 Å². The number of nitrogens with one attached hydrogen (secondary N) is 1. The van der Waals surface area contributed by atoms with E-state index in [1.807, 2.05) is 36.4 Å². The van der Waals surface area contributed by atoms with Gasteiger partial charge in [0.25, 0.3) is 5.91 Å². The molecule has 28 heavy (non-hydrogen) atoms. The van der Waals surface area contributed by atoms with Gasteiger partial charge in [-0.3, -0.25) is 4.79 Å². The molecule has 3 aromatic rings. The van der Waals surface area contributed by atoms with Gasteiger partial charge < -0.3 is 4.74 Å². The van der Waals surface area contributed by atoms with Gasteiger partial charge in [-0.2, -0.15) is 5.10 Å². The average Bonchev–Trinajstić information content (AvgIpc) is 2.68. The number of ether oxygens (including phenoxy) is 1. The lowest BCUT2D eigenvalue weighted by atomic mass is 10.2. The lowest BCUT2D eigenvalue weighted by Gasteiger charge is -2.09. The van der Waals surface area contributed by atoms with Crippen molar-refractivity contribution in [1.82, 2.24) is 5.43 Å². The fraction of sp³-hybridized carbons (Fsp3) is 0.0476. The van der Waals surface area contributed by atoms with Crippen molar-refractivity contribution in [3.05, 3.63) is 97.0 Å². The van der Waals surface area contributed by atoms with E-state index >= 15 is 0 Å². The van der Waals surface area contributed by atoms with Gasteiger partial charge in [-0.15, -0.1) is 0 Å². The van der Waals surface area contributed by atoms with Crippen LogP contribution >= 0.6 is 45.8 Å². The third kappa shape index (κ3) is 5.70. The van der Waals surface area contributed by atoms with E-state index in [1.165, 1.54) is 6.21 Å². The molecule has 0 atom stereocenters. The van der Waals surface area contributed by atoms with E-state index < -0.39 is 0 Å². The number of hydrogen-bond donors (Lipinski definition) is 1. The Morgan fingerprint density at radius 3 is 2.61 bits per heavy atom. The normalized spacial score (nSPS) is 10.8. The van der Waals surface area contributed by atoms with Gasteiger partial charge in [0, 0.05) is 19.7 Å². The molecule has 4 nitrogen and oxygen atoms in total. The Morgan fingerprint density at radius 1 is 1.04 bits per heavy atom. The molecule has 3 rings (SSSR count). The van der Waals surface area contributed by atoms with E-state index in [1.54, 1.807) is 30.3 Å². The van der Waals surface area contributed by atoms with Crippen LogP contribution in [-0.2, 0) is 6.61 Å². The lowest BCUT2D eigenvalue weighted by Crippen LogP contribution is -2.17. The Morgan fingerprint density at radius 2 is 1.86 bits per heavy atom. The second-order valence-corrected chi connectivity index (χ2v) is 7.84. The maximum absolute atomic E-state index is 12.1. The minimum absolute atomic E-state index is 0.277. The zero-order chi connectivity index (χ0) is 19.9. The number of nitrogens with zero attached hydrogens (tertiary/aromatic N) is 1. The summed E-state index contributed by atoms with van der Waals surface area (Å²) in [5, 5.41) is 5.07. The second kappa shape index (κ2) is 9.91. The van der Waals surface area contributed by atoms with Crippen LogP contribution in [0.15, 0.2) is 71.8 Å². The number of benzene rings is 3. The minimum Gasteiger partial charge on any atom is -0.487 e. The second-order valence-electron chi connectivity index (χ2n) is 5.78. The number of rotatable bonds is 6. The standard InChI is InChI=1S/C21H15Cl2IN2O2/c22-18-7-2-1-4-16(18)13-28-20-9-8-14(10-19(20)23)12-25-26-21(27)15-5-3-6-17(24)11-15/h1-12H,13H2,(H,26,27)/b25-12-. The number of halogens is 3. The van der Waals surface area contributed by atoms with E-state index in [0.717, 1.165) is 14.7 Å². The molecule has 0 saturated heterocycles. The van der Waals surface area contributed by atoms with Crippen molar-refractivity contribution in [1.29, 1.82) is 0 Å². The van der Waals surface area contributed by atoms with Crippen molar-refractivity contribution in [3.63, 3.8) is 0 Å². The maximum atomic E-state index is 12.1. The van der Waals surface area contributed by atoms with Crippen LogP contribution < -0.4 is 10.2 Å². The molecule has 0 aliphatic carbocycles. The van der Waals surface area contributed by atoms with Gasteiger partial charge in [-0.05, 0) is 70.6 Å². The third-order valence-electron chi connectivity index (χ3n) is 3.76. The molecule has 0 fully saturated rings. The van der Waals surface area contributed by atoms with Crippen LogP contribution in [0.1, 0.15) is 21.5 Å². The SMILES string of the molecule is O=C(N/N=C\c1ccc(OCc2ccccc2Cl)c(Cl)c1)c1cccc(I)c1. The molecule has 7 heteroatoms. The first-order valence-corrected chi connectivity index (χ1v) is 10.1. The topological polar surface area (TPSA) is 50.7 Å². The quantitative estimate of drug-likeness (QED) is 0.246. The zero-order valence-electron chi connectivity index (χ0n) is 14.5. The number of hydrazone groups is 1. The lowest BCUT2D eigenvalue weighted by molar-refractivity contribution is 0.0955. The average molecular weight is 525 g/mol. The third-order valence-corrected chi connectivity index (χ3v) is 5.10. The first-order valence-electron chi connectivity index (χ1n) is 8.27. The van der Waals surface area contributed by atoms with E-state index in [9.17, 15) is 4.79 Å². The summed E-state index contributed by atoms with van der Waals surface area (Å²) in [5.74, 6) is 0.266.